The Morgan fingerprint density at radius 1 is 0.380 bits per heavy atom. The summed E-state index contributed by atoms with van der Waals surface area (Å²) in [6.45, 7) is 4.90. The van der Waals surface area contributed by atoms with Crippen molar-refractivity contribution in [1.82, 2.24) is 5.32 Å². The predicted octanol–water partition coefficient (Wildman–Crippen LogP) is 20.2. The molecule has 0 aromatic rings. The van der Waals surface area contributed by atoms with Crippen molar-refractivity contribution >= 4 is 11.9 Å². The van der Waals surface area contributed by atoms with Crippen LogP contribution < -0.4 is 5.32 Å². The van der Waals surface area contributed by atoms with Crippen LogP contribution in [-0.2, 0) is 14.3 Å². The zero-order valence-corrected chi connectivity index (χ0v) is 48.0. The highest BCUT2D eigenvalue weighted by Gasteiger charge is 2.18. The van der Waals surface area contributed by atoms with E-state index in [0.717, 1.165) is 70.6 Å². The fourth-order valence-electron chi connectivity index (χ4n) is 10.0. The van der Waals surface area contributed by atoms with Gasteiger partial charge in [0.25, 0.3) is 0 Å². The first kappa shape index (κ1) is 69.3. The monoisotopic (exact) mass is 1000 g/mol. The van der Waals surface area contributed by atoms with Crippen molar-refractivity contribution in [2.24, 2.45) is 0 Å². The summed E-state index contributed by atoms with van der Waals surface area (Å²) in [4.78, 5) is 24.6. The molecule has 420 valence electrons. The number of allylic oxidation sites excluding steroid dienone is 3. The molecule has 1 amide bonds. The van der Waals surface area contributed by atoms with Gasteiger partial charge in [0.2, 0.25) is 5.91 Å². The molecule has 0 rings (SSSR count). The Labute approximate surface area is 443 Å². The minimum Gasteiger partial charge on any atom is -0.466 e. The molecular formula is C65H125NO5. The molecule has 2 unspecified atom stereocenters. The number of amides is 1. The van der Waals surface area contributed by atoms with Crippen molar-refractivity contribution in [3.05, 3.63) is 24.3 Å². The summed E-state index contributed by atoms with van der Waals surface area (Å²) in [6, 6.07) is -0.649. The number of ether oxygens (including phenoxy) is 1. The summed E-state index contributed by atoms with van der Waals surface area (Å²) in [5.74, 6) is -0.103. The summed E-state index contributed by atoms with van der Waals surface area (Å²) in [6.07, 6.45) is 75.1. The van der Waals surface area contributed by atoms with E-state index in [-0.39, 0.29) is 18.5 Å². The van der Waals surface area contributed by atoms with E-state index in [4.69, 9.17) is 4.74 Å². The van der Waals surface area contributed by atoms with Crippen LogP contribution in [0.2, 0.25) is 0 Å². The van der Waals surface area contributed by atoms with Gasteiger partial charge in [-0.2, -0.15) is 0 Å². The Bertz CT molecular complexity index is 1110. The lowest BCUT2D eigenvalue weighted by atomic mass is 10.0. The second-order valence-electron chi connectivity index (χ2n) is 22.1. The van der Waals surface area contributed by atoms with Crippen LogP contribution in [0.3, 0.4) is 0 Å². The zero-order valence-electron chi connectivity index (χ0n) is 48.0. The molecule has 0 aromatic carbocycles. The van der Waals surface area contributed by atoms with E-state index in [1.165, 1.54) is 257 Å². The molecule has 0 aliphatic rings. The molecule has 0 aromatic heterocycles. The molecule has 2 atom stereocenters. The van der Waals surface area contributed by atoms with Gasteiger partial charge in [0.05, 0.1) is 25.4 Å². The Hall–Kier alpha value is -1.66. The van der Waals surface area contributed by atoms with E-state index >= 15 is 0 Å². The number of carbonyl (C=O) groups excluding carboxylic acids is 2. The summed E-state index contributed by atoms with van der Waals surface area (Å²) in [7, 11) is 0. The van der Waals surface area contributed by atoms with E-state index in [1.54, 1.807) is 6.08 Å². The van der Waals surface area contributed by atoms with Gasteiger partial charge in [-0.05, 0) is 57.8 Å². The van der Waals surface area contributed by atoms with Gasteiger partial charge in [0, 0.05) is 12.8 Å². The van der Waals surface area contributed by atoms with Gasteiger partial charge in [-0.15, -0.1) is 0 Å². The largest absolute Gasteiger partial charge is 0.466 e. The number of rotatable bonds is 60. The molecule has 6 heteroatoms. The molecule has 71 heavy (non-hydrogen) atoms. The van der Waals surface area contributed by atoms with E-state index in [0.29, 0.717) is 19.4 Å². The first-order chi connectivity index (χ1) is 35.0. The van der Waals surface area contributed by atoms with Gasteiger partial charge < -0.3 is 20.3 Å². The van der Waals surface area contributed by atoms with Crippen molar-refractivity contribution in [1.29, 1.82) is 0 Å². The summed E-state index contributed by atoms with van der Waals surface area (Å²) in [5.41, 5.74) is 0. The number of nitrogens with one attached hydrogen (secondary N) is 1. The van der Waals surface area contributed by atoms with Gasteiger partial charge in [0.15, 0.2) is 0 Å². The molecular weight excluding hydrogens is 875 g/mol. The standard InChI is InChI=1S/C65H125NO5/c1-3-5-7-9-11-13-15-17-19-21-23-24-25-26-27-28-30-33-37-41-45-49-53-57-63(68)62(61-67)66-64(69)58-54-50-46-42-38-34-32-36-40-44-48-52-56-60-71-65(70)59-55-51-47-43-39-35-31-29-22-20-18-16-14-12-10-8-6-4-2/h34,38,53,57,62-63,67-68H,3-33,35-37,39-52,54-56,58-61H2,1-2H3,(H,66,69)/b38-34-,57-53+. The smallest absolute Gasteiger partial charge is 0.305 e. The molecule has 0 radical (unpaired) electrons. The van der Waals surface area contributed by atoms with Gasteiger partial charge >= 0.3 is 5.97 Å². The average molecular weight is 1000 g/mol. The van der Waals surface area contributed by atoms with Crippen molar-refractivity contribution in [2.75, 3.05) is 13.2 Å². The minimum atomic E-state index is -0.863. The molecule has 0 aliphatic carbocycles. The van der Waals surface area contributed by atoms with Crippen LogP contribution in [0.15, 0.2) is 24.3 Å². The minimum absolute atomic E-state index is 0.00877. The van der Waals surface area contributed by atoms with Gasteiger partial charge in [-0.25, -0.2) is 0 Å². The SMILES string of the molecule is CCCCCCCCCCCCCCCCCCCCCCC/C=C/C(O)C(CO)NC(=O)CCCCC/C=C\CCCCCCCCOC(=O)CCCCCCCCCCCCCCCCCCCC. The van der Waals surface area contributed by atoms with Crippen molar-refractivity contribution in [3.63, 3.8) is 0 Å². The fraction of sp³-hybridized carbons (Fsp3) is 0.908. The molecule has 0 bridgehead atoms. The molecule has 0 spiro atoms. The maximum atomic E-state index is 12.5. The lowest BCUT2D eigenvalue weighted by Crippen LogP contribution is -2.45. The van der Waals surface area contributed by atoms with Crippen LogP contribution in [0.5, 0.6) is 0 Å². The average Bonchev–Trinajstić information content (AvgIpc) is 3.37. The lowest BCUT2D eigenvalue weighted by molar-refractivity contribution is -0.143. The van der Waals surface area contributed by atoms with Crippen LogP contribution in [0.4, 0.5) is 0 Å². The topological polar surface area (TPSA) is 95.9 Å². The normalized spacial score (nSPS) is 12.7. The summed E-state index contributed by atoms with van der Waals surface area (Å²) < 4.78 is 5.48. The van der Waals surface area contributed by atoms with E-state index in [1.807, 2.05) is 6.08 Å². The number of unbranched alkanes of at least 4 members (excludes halogenated alkanes) is 47. The maximum Gasteiger partial charge on any atom is 0.305 e. The number of esters is 1. The molecule has 6 nitrogen and oxygen atoms in total. The third-order valence-electron chi connectivity index (χ3n) is 15.0. The Morgan fingerprint density at radius 2 is 0.662 bits per heavy atom. The third-order valence-corrected chi connectivity index (χ3v) is 15.0. The summed E-state index contributed by atoms with van der Waals surface area (Å²) in [5, 5.41) is 23.2. The number of hydrogen-bond acceptors (Lipinski definition) is 5. The molecule has 0 saturated carbocycles. The second kappa shape index (κ2) is 60.9. The number of carbonyl (C=O) groups is 2. The highest BCUT2D eigenvalue weighted by molar-refractivity contribution is 5.76. The first-order valence-electron chi connectivity index (χ1n) is 32.1. The zero-order chi connectivity index (χ0) is 51.4. The Kier molecular flexibility index (Phi) is 59.5. The Morgan fingerprint density at radius 3 is 1.01 bits per heavy atom. The highest BCUT2D eigenvalue weighted by Crippen LogP contribution is 2.18. The molecule has 0 saturated heterocycles. The van der Waals surface area contributed by atoms with Crippen LogP contribution in [0, 0.1) is 0 Å². The van der Waals surface area contributed by atoms with Crippen molar-refractivity contribution < 1.29 is 24.5 Å². The number of aliphatic hydroxyl groups is 2. The molecule has 0 aliphatic heterocycles. The van der Waals surface area contributed by atoms with Gasteiger partial charge in [0.1, 0.15) is 0 Å². The van der Waals surface area contributed by atoms with Crippen LogP contribution in [0.1, 0.15) is 354 Å². The molecule has 3 N–H and O–H groups in total. The Balaban J connectivity index is 3.49. The van der Waals surface area contributed by atoms with E-state index in [9.17, 15) is 19.8 Å². The molecule has 0 heterocycles. The van der Waals surface area contributed by atoms with Crippen molar-refractivity contribution in [3.8, 4) is 0 Å². The number of hydrogen-bond donors (Lipinski definition) is 3. The highest BCUT2D eigenvalue weighted by atomic mass is 16.5. The third kappa shape index (κ3) is 57.5. The summed E-state index contributed by atoms with van der Waals surface area (Å²) >= 11 is 0. The maximum absolute atomic E-state index is 12.5. The fourth-order valence-corrected chi connectivity index (χ4v) is 10.0. The van der Waals surface area contributed by atoms with Crippen molar-refractivity contribution in [2.45, 2.75) is 366 Å². The second-order valence-corrected chi connectivity index (χ2v) is 22.1. The molecule has 0 fully saturated rings. The van der Waals surface area contributed by atoms with Crippen LogP contribution >= 0.6 is 0 Å². The first-order valence-corrected chi connectivity index (χ1v) is 32.1. The lowest BCUT2D eigenvalue weighted by Gasteiger charge is -2.19. The van der Waals surface area contributed by atoms with E-state index < -0.39 is 12.1 Å². The number of aliphatic hydroxyl groups excluding tert-OH is 2. The van der Waals surface area contributed by atoms with Crippen LogP contribution in [0.25, 0.3) is 0 Å². The van der Waals surface area contributed by atoms with E-state index in [2.05, 4.69) is 31.3 Å². The van der Waals surface area contributed by atoms with Crippen LogP contribution in [-0.4, -0.2) is 47.4 Å². The van der Waals surface area contributed by atoms with Gasteiger partial charge in [-0.3, -0.25) is 9.59 Å². The predicted molar refractivity (Wildman–Crippen MR) is 310 cm³/mol. The quantitative estimate of drug-likeness (QED) is 0.0320. The van der Waals surface area contributed by atoms with Gasteiger partial charge in [-0.1, -0.05) is 308 Å².